The topological polar surface area (TPSA) is 12.5 Å². The molecule has 0 bridgehead atoms. The van der Waals surface area contributed by atoms with Crippen molar-refractivity contribution in [1.82, 2.24) is 4.31 Å². The Labute approximate surface area is 60.9 Å². The van der Waals surface area contributed by atoms with Gasteiger partial charge in [-0.05, 0) is 0 Å². The number of hydrogen-bond acceptors (Lipinski definition) is 3. The van der Waals surface area contributed by atoms with Gasteiger partial charge in [-0.1, -0.05) is 0 Å². The van der Waals surface area contributed by atoms with Crippen LogP contribution in [-0.4, -0.2) is 30.6 Å². The molecule has 0 aliphatic carbocycles. The Morgan fingerprint density at radius 1 is 1.38 bits per heavy atom. The maximum absolute atomic E-state index is 5.13. The highest BCUT2D eigenvalue weighted by atomic mass is 79.9. The van der Waals surface area contributed by atoms with E-state index in [0.717, 1.165) is 26.3 Å². The smallest absolute Gasteiger partial charge is 0.0603 e. The number of rotatable bonds is 1. The van der Waals surface area contributed by atoms with Gasteiger partial charge in [0.05, 0.1) is 13.2 Å². The molecule has 0 radical (unpaired) electrons. The van der Waals surface area contributed by atoms with Crippen molar-refractivity contribution in [2.75, 3.05) is 26.3 Å². The first kappa shape index (κ1) is 6.86. The second-order valence-electron chi connectivity index (χ2n) is 1.61. The molecule has 0 aromatic rings. The second-order valence-corrected chi connectivity index (χ2v) is 3.13. The van der Waals surface area contributed by atoms with Crippen LogP contribution in [0.15, 0.2) is 0 Å². The van der Waals surface area contributed by atoms with E-state index in [1.807, 2.05) is 0 Å². The first-order chi connectivity index (χ1) is 3.93. The van der Waals surface area contributed by atoms with Crippen LogP contribution in [0.2, 0.25) is 0 Å². The van der Waals surface area contributed by atoms with E-state index in [0.29, 0.717) is 0 Å². The highest BCUT2D eigenvalue weighted by Crippen LogP contribution is 2.17. The van der Waals surface area contributed by atoms with Crippen LogP contribution in [0.25, 0.3) is 0 Å². The third-order valence-electron chi connectivity index (χ3n) is 1.07. The molecule has 0 amide bonds. The Morgan fingerprint density at radius 2 is 2.00 bits per heavy atom. The molecule has 1 aliphatic heterocycles. The maximum atomic E-state index is 5.13. The van der Waals surface area contributed by atoms with Gasteiger partial charge < -0.3 is 4.74 Å². The van der Waals surface area contributed by atoms with Crippen molar-refractivity contribution in [3.8, 4) is 0 Å². The summed E-state index contributed by atoms with van der Waals surface area (Å²) in [6.45, 7) is 3.82. The summed E-state index contributed by atoms with van der Waals surface area (Å²) in [6, 6.07) is 0. The molecular formula is C4H8BrNOS. The average molecular weight is 198 g/mol. The quantitative estimate of drug-likeness (QED) is 0.589. The van der Waals surface area contributed by atoms with Crippen LogP contribution in [-0.2, 0) is 4.74 Å². The van der Waals surface area contributed by atoms with E-state index in [9.17, 15) is 0 Å². The van der Waals surface area contributed by atoms with Gasteiger partial charge in [0, 0.05) is 38.3 Å². The highest BCUT2D eigenvalue weighted by Gasteiger charge is 2.07. The van der Waals surface area contributed by atoms with Crippen molar-refractivity contribution >= 4 is 25.2 Å². The van der Waals surface area contributed by atoms with Crippen LogP contribution < -0.4 is 0 Å². The van der Waals surface area contributed by atoms with Gasteiger partial charge in [0.15, 0.2) is 0 Å². The van der Waals surface area contributed by atoms with E-state index in [1.165, 1.54) is 0 Å². The molecule has 1 heterocycles. The lowest BCUT2D eigenvalue weighted by Crippen LogP contribution is -2.29. The van der Waals surface area contributed by atoms with Crippen LogP contribution >= 0.6 is 25.2 Å². The van der Waals surface area contributed by atoms with Crippen molar-refractivity contribution < 1.29 is 4.74 Å². The van der Waals surface area contributed by atoms with E-state index in [1.54, 1.807) is 10.4 Å². The van der Waals surface area contributed by atoms with Crippen molar-refractivity contribution in [3.63, 3.8) is 0 Å². The molecular weight excluding hydrogens is 190 g/mol. The Balaban J connectivity index is 2.13. The molecule has 4 heteroatoms. The standard InChI is InChI=1S/C4H8BrNOS/c5-8-6-1-3-7-4-2-6/h1-4H2. The number of morpholine rings is 1. The lowest BCUT2D eigenvalue weighted by molar-refractivity contribution is 0.0780. The summed E-state index contributed by atoms with van der Waals surface area (Å²) in [5.74, 6) is 0. The van der Waals surface area contributed by atoms with Gasteiger partial charge in [-0.15, -0.1) is 0 Å². The molecule has 48 valence electrons. The summed E-state index contributed by atoms with van der Waals surface area (Å²) in [6.07, 6.45) is 0. The largest absolute Gasteiger partial charge is 0.379 e. The molecule has 2 nitrogen and oxygen atoms in total. The van der Waals surface area contributed by atoms with Crippen molar-refractivity contribution in [1.29, 1.82) is 0 Å². The Morgan fingerprint density at radius 3 is 2.38 bits per heavy atom. The zero-order valence-electron chi connectivity index (χ0n) is 4.47. The predicted octanol–water partition coefficient (Wildman–Crippen LogP) is 1.28. The highest BCUT2D eigenvalue weighted by molar-refractivity contribution is 9.49. The number of hydrogen-bond donors (Lipinski definition) is 0. The molecule has 0 saturated carbocycles. The SMILES string of the molecule is BrSN1CCOCC1. The van der Waals surface area contributed by atoms with Crippen molar-refractivity contribution in [3.05, 3.63) is 0 Å². The fourth-order valence-corrected chi connectivity index (χ4v) is 1.77. The average Bonchev–Trinajstić information content (AvgIpc) is 1.90. The summed E-state index contributed by atoms with van der Waals surface area (Å²) in [5, 5.41) is 0. The van der Waals surface area contributed by atoms with E-state index >= 15 is 0 Å². The molecule has 1 fully saturated rings. The second kappa shape index (κ2) is 3.71. The molecule has 0 N–H and O–H groups in total. The third kappa shape index (κ3) is 1.93. The normalized spacial score (nSPS) is 23.6. The van der Waals surface area contributed by atoms with E-state index in [4.69, 9.17) is 4.74 Å². The fourth-order valence-electron chi connectivity index (χ4n) is 0.616. The summed E-state index contributed by atoms with van der Waals surface area (Å²) in [7, 11) is 1.61. The van der Waals surface area contributed by atoms with E-state index in [-0.39, 0.29) is 0 Å². The minimum atomic E-state index is 0.874. The maximum Gasteiger partial charge on any atom is 0.0603 e. The fraction of sp³-hybridized carbons (Fsp3) is 1.00. The Hall–Kier alpha value is 0.750. The molecule has 1 saturated heterocycles. The van der Waals surface area contributed by atoms with Gasteiger partial charge in [-0.25, -0.2) is 4.31 Å². The third-order valence-corrected chi connectivity index (χ3v) is 2.86. The molecule has 0 unspecified atom stereocenters. The molecule has 0 aromatic heterocycles. The lowest BCUT2D eigenvalue weighted by atomic mass is 10.5. The van der Waals surface area contributed by atoms with Gasteiger partial charge >= 0.3 is 0 Å². The van der Waals surface area contributed by atoms with Crippen molar-refractivity contribution in [2.24, 2.45) is 0 Å². The minimum Gasteiger partial charge on any atom is -0.379 e. The van der Waals surface area contributed by atoms with Gasteiger partial charge in [0.25, 0.3) is 0 Å². The Kier molecular flexibility index (Phi) is 3.19. The zero-order chi connectivity index (χ0) is 5.82. The molecule has 0 aromatic carbocycles. The van der Waals surface area contributed by atoms with E-state index < -0.39 is 0 Å². The van der Waals surface area contributed by atoms with Crippen LogP contribution in [0.5, 0.6) is 0 Å². The van der Waals surface area contributed by atoms with Crippen LogP contribution in [0.4, 0.5) is 0 Å². The Bertz CT molecular complexity index is 67.1. The number of ether oxygens (including phenoxy) is 1. The van der Waals surface area contributed by atoms with Crippen molar-refractivity contribution in [2.45, 2.75) is 0 Å². The minimum absolute atomic E-state index is 0.874. The summed E-state index contributed by atoms with van der Waals surface area (Å²) in [4.78, 5) is 0. The van der Waals surface area contributed by atoms with Crippen LogP contribution in [0.1, 0.15) is 0 Å². The predicted molar refractivity (Wildman–Crippen MR) is 38.9 cm³/mol. The molecule has 1 aliphatic rings. The lowest BCUT2D eigenvalue weighted by Gasteiger charge is -2.22. The van der Waals surface area contributed by atoms with Gasteiger partial charge in [0.1, 0.15) is 0 Å². The van der Waals surface area contributed by atoms with Gasteiger partial charge in [-0.2, -0.15) is 0 Å². The first-order valence-corrected chi connectivity index (χ1v) is 5.16. The number of nitrogens with zero attached hydrogens (tertiary/aromatic N) is 1. The van der Waals surface area contributed by atoms with Crippen LogP contribution in [0, 0.1) is 0 Å². The van der Waals surface area contributed by atoms with E-state index in [2.05, 4.69) is 19.1 Å². The summed E-state index contributed by atoms with van der Waals surface area (Å²) in [5.41, 5.74) is 0. The van der Waals surface area contributed by atoms with Crippen LogP contribution in [0.3, 0.4) is 0 Å². The molecule has 0 spiro atoms. The molecule has 8 heavy (non-hydrogen) atoms. The monoisotopic (exact) mass is 197 g/mol. The summed E-state index contributed by atoms with van der Waals surface area (Å²) < 4.78 is 7.35. The zero-order valence-corrected chi connectivity index (χ0v) is 6.87. The summed E-state index contributed by atoms with van der Waals surface area (Å²) >= 11 is 3.30. The van der Waals surface area contributed by atoms with Gasteiger partial charge in [0.2, 0.25) is 0 Å². The first-order valence-electron chi connectivity index (χ1n) is 2.55. The number of halogens is 1. The molecule has 0 atom stereocenters. The molecule has 1 rings (SSSR count). The van der Waals surface area contributed by atoms with Gasteiger partial charge in [-0.3, -0.25) is 0 Å².